The first-order chi connectivity index (χ1) is 11.3. The van der Waals surface area contributed by atoms with Crippen LogP contribution in [0.3, 0.4) is 0 Å². The van der Waals surface area contributed by atoms with Crippen LogP contribution in [0, 0.1) is 0 Å². The Hall–Kier alpha value is -2.83. The second-order valence-electron chi connectivity index (χ2n) is 5.33. The summed E-state index contributed by atoms with van der Waals surface area (Å²) < 4.78 is 5.26. The number of carbonyl (C=O) groups excluding carboxylic acids is 2. The van der Waals surface area contributed by atoms with Crippen molar-refractivity contribution in [1.29, 1.82) is 0 Å². The summed E-state index contributed by atoms with van der Waals surface area (Å²) in [6, 6.07) is 5.49. The lowest BCUT2D eigenvalue weighted by Crippen LogP contribution is -2.48. The molecule has 1 fully saturated rings. The van der Waals surface area contributed by atoms with E-state index in [9.17, 15) is 9.59 Å². The molecule has 0 saturated carbocycles. The zero-order valence-corrected chi connectivity index (χ0v) is 12.6. The van der Waals surface area contributed by atoms with Gasteiger partial charge in [-0.15, -0.1) is 0 Å². The van der Waals surface area contributed by atoms with Crippen molar-refractivity contribution in [1.82, 2.24) is 14.8 Å². The molecule has 2 aromatic heterocycles. The van der Waals surface area contributed by atoms with Gasteiger partial charge in [-0.1, -0.05) is 0 Å². The molecule has 3 heterocycles. The van der Waals surface area contributed by atoms with Gasteiger partial charge in [-0.2, -0.15) is 0 Å². The van der Waals surface area contributed by atoms with E-state index in [4.69, 9.17) is 4.42 Å². The molecule has 1 saturated heterocycles. The zero-order chi connectivity index (χ0) is 16.1. The number of nitrogens with one attached hydrogen (secondary N) is 1. The van der Waals surface area contributed by atoms with Gasteiger partial charge < -0.3 is 19.5 Å². The number of furan rings is 1. The van der Waals surface area contributed by atoms with Crippen LogP contribution in [-0.2, 0) is 11.3 Å². The standard InChI is InChI=1S/C16H18N4O3/c21-12-19-3-5-20(6-4-19)16(22)13-8-14(10-17-9-13)18-11-15-2-1-7-23-15/h1-2,7-10,12,18H,3-6,11H2. The average Bonchev–Trinajstić information content (AvgIpc) is 3.13. The van der Waals surface area contributed by atoms with Crippen molar-refractivity contribution in [2.45, 2.75) is 6.54 Å². The molecule has 0 radical (unpaired) electrons. The van der Waals surface area contributed by atoms with Gasteiger partial charge in [-0.05, 0) is 18.2 Å². The number of pyridine rings is 1. The van der Waals surface area contributed by atoms with Crippen LogP contribution in [-0.4, -0.2) is 53.3 Å². The fourth-order valence-electron chi connectivity index (χ4n) is 2.47. The Morgan fingerprint density at radius 2 is 2.13 bits per heavy atom. The lowest BCUT2D eigenvalue weighted by atomic mass is 10.2. The molecule has 1 N–H and O–H groups in total. The van der Waals surface area contributed by atoms with Crippen molar-refractivity contribution in [2.24, 2.45) is 0 Å². The van der Waals surface area contributed by atoms with E-state index in [2.05, 4.69) is 10.3 Å². The van der Waals surface area contributed by atoms with Gasteiger partial charge in [0.25, 0.3) is 5.91 Å². The van der Waals surface area contributed by atoms with Crippen molar-refractivity contribution in [3.63, 3.8) is 0 Å². The van der Waals surface area contributed by atoms with E-state index < -0.39 is 0 Å². The highest BCUT2D eigenvalue weighted by Crippen LogP contribution is 2.13. The molecule has 1 aliphatic heterocycles. The van der Waals surface area contributed by atoms with Gasteiger partial charge in [0.1, 0.15) is 5.76 Å². The zero-order valence-electron chi connectivity index (χ0n) is 12.6. The number of hydrogen-bond donors (Lipinski definition) is 1. The first-order valence-corrected chi connectivity index (χ1v) is 7.46. The average molecular weight is 314 g/mol. The van der Waals surface area contributed by atoms with Gasteiger partial charge in [0.15, 0.2) is 0 Å². The predicted molar refractivity (Wildman–Crippen MR) is 83.8 cm³/mol. The largest absolute Gasteiger partial charge is 0.467 e. The third kappa shape index (κ3) is 3.68. The molecule has 3 rings (SSSR count). The first-order valence-electron chi connectivity index (χ1n) is 7.46. The van der Waals surface area contributed by atoms with E-state index in [1.54, 1.807) is 34.5 Å². The molecule has 7 nitrogen and oxygen atoms in total. The molecule has 2 amide bonds. The van der Waals surface area contributed by atoms with Gasteiger partial charge in [0.05, 0.1) is 24.1 Å². The number of rotatable bonds is 5. The summed E-state index contributed by atoms with van der Waals surface area (Å²) in [5.74, 6) is 0.747. The highest BCUT2D eigenvalue weighted by Gasteiger charge is 2.21. The van der Waals surface area contributed by atoms with E-state index >= 15 is 0 Å². The Bertz CT molecular complexity index is 664. The summed E-state index contributed by atoms with van der Waals surface area (Å²) in [6.45, 7) is 2.76. The number of hydrogen-bond acceptors (Lipinski definition) is 5. The predicted octanol–water partition coefficient (Wildman–Crippen LogP) is 1.20. The minimum absolute atomic E-state index is 0.0651. The Morgan fingerprint density at radius 3 is 2.83 bits per heavy atom. The van der Waals surface area contributed by atoms with Crippen LogP contribution in [0.5, 0.6) is 0 Å². The number of carbonyl (C=O) groups is 2. The Kier molecular flexibility index (Phi) is 4.56. The molecule has 7 heteroatoms. The van der Waals surface area contributed by atoms with E-state index in [0.717, 1.165) is 17.9 Å². The van der Waals surface area contributed by atoms with Crippen LogP contribution >= 0.6 is 0 Å². The Balaban J connectivity index is 1.62. The van der Waals surface area contributed by atoms with Crippen molar-refractivity contribution in [3.8, 4) is 0 Å². The molecular formula is C16H18N4O3. The maximum absolute atomic E-state index is 12.5. The molecule has 0 unspecified atom stereocenters. The van der Waals surface area contributed by atoms with Gasteiger partial charge in [-0.25, -0.2) is 0 Å². The maximum atomic E-state index is 12.5. The fraction of sp³-hybridized carbons (Fsp3) is 0.312. The maximum Gasteiger partial charge on any atom is 0.255 e. The highest BCUT2D eigenvalue weighted by molar-refractivity contribution is 5.94. The monoisotopic (exact) mass is 314 g/mol. The normalized spacial score (nSPS) is 14.6. The molecule has 0 aromatic carbocycles. The summed E-state index contributed by atoms with van der Waals surface area (Å²) in [6.07, 6.45) is 5.67. The molecule has 0 aliphatic carbocycles. The smallest absolute Gasteiger partial charge is 0.255 e. The minimum atomic E-state index is -0.0651. The molecular weight excluding hydrogens is 296 g/mol. The summed E-state index contributed by atoms with van der Waals surface area (Å²) in [5, 5.41) is 3.18. The topological polar surface area (TPSA) is 78.7 Å². The van der Waals surface area contributed by atoms with Gasteiger partial charge >= 0.3 is 0 Å². The minimum Gasteiger partial charge on any atom is -0.467 e. The van der Waals surface area contributed by atoms with E-state index in [1.807, 2.05) is 12.1 Å². The molecule has 120 valence electrons. The lowest BCUT2D eigenvalue weighted by molar-refractivity contribution is -0.119. The second kappa shape index (κ2) is 6.95. The quantitative estimate of drug-likeness (QED) is 0.839. The molecule has 0 spiro atoms. The van der Waals surface area contributed by atoms with Gasteiger partial charge in [0.2, 0.25) is 6.41 Å². The lowest BCUT2D eigenvalue weighted by Gasteiger charge is -2.32. The van der Waals surface area contributed by atoms with Crippen LogP contribution in [0.1, 0.15) is 16.1 Å². The summed E-state index contributed by atoms with van der Waals surface area (Å²) in [5.41, 5.74) is 1.30. The van der Waals surface area contributed by atoms with Crippen LogP contribution < -0.4 is 5.32 Å². The van der Waals surface area contributed by atoms with Crippen LogP contribution in [0.25, 0.3) is 0 Å². The van der Waals surface area contributed by atoms with E-state index in [0.29, 0.717) is 38.3 Å². The van der Waals surface area contributed by atoms with Crippen molar-refractivity contribution in [2.75, 3.05) is 31.5 Å². The van der Waals surface area contributed by atoms with E-state index in [1.165, 1.54) is 0 Å². The summed E-state index contributed by atoms with van der Waals surface area (Å²) in [4.78, 5) is 30.8. The van der Waals surface area contributed by atoms with Crippen LogP contribution in [0.15, 0.2) is 41.3 Å². The Labute approximate surface area is 133 Å². The second-order valence-corrected chi connectivity index (χ2v) is 5.33. The van der Waals surface area contributed by atoms with E-state index in [-0.39, 0.29) is 5.91 Å². The third-order valence-corrected chi connectivity index (χ3v) is 3.78. The number of piperazine rings is 1. The van der Waals surface area contributed by atoms with Crippen LogP contribution in [0.4, 0.5) is 5.69 Å². The molecule has 23 heavy (non-hydrogen) atoms. The molecule has 0 atom stereocenters. The Morgan fingerprint density at radius 1 is 1.30 bits per heavy atom. The third-order valence-electron chi connectivity index (χ3n) is 3.78. The molecule has 0 bridgehead atoms. The number of anilines is 1. The SMILES string of the molecule is O=CN1CCN(C(=O)c2cncc(NCc3ccco3)c2)CC1. The highest BCUT2D eigenvalue weighted by atomic mass is 16.3. The summed E-state index contributed by atoms with van der Waals surface area (Å²) in [7, 11) is 0. The van der Waals surface area contributed by atoms with Crippen molar-refractivity contribution >= 4 is 18.0 Å². The first kappa shape index (κ1) is 15.1. The van der Waals surface area contributed by atoms with Gasteiger partial charge in [0, 0.05) is 38.6 Å². The van der Waals surface area contributed by atoms with Gasteiger partial charge in [-0.3, -0.25) is 14.6 Å². The molecule has 1 aliphatic rings. The van der Waals surface area contributed by atoms with Crippen LogP contribution in [0.2, 0.25) is 0 Å². The number of amides is 2. The molecule has 2 aromatic rings. The summed E-state index contributed by atoms with van der Waals surface area (Å²) >= 11 is 0. The van der Waals surface area contributed by atoms with Crippen molar-refractivity contribution < 1.29 is 14.0 Å². The number of nitrogens with zero attached hydrogens (tertiary/aromatic N) is 3. The van der Waals surface area contributed by atoms with Crippen molar-refractivity contribution in [3.05, 3.63) is 48.2 Å². The fourth-order valence-corrected chi connectivity index (χ4v) is 2.47. The number of aromatic nitrogens is 1.